The van der Waals surface area contributed by atoms with E-state index in [9.17, 15) is 9.59 Å². The Morgan fingerprint density at radius 2 is 1.97 bits per heavy atom. The quantitative estimate of drug-likeness (QED) is 0.454. The fourth-order valence-corrected chi connectivity index (χ4v) is 4.27. The Morgan fingerprint density at radius 1 is 1.18 bits per heavy atom. The number of nitrogens with one attached hydrogen (secondary N) is 2. The van der Waals surface area contributed by atoms with E-state index < -0.39 is 5.91 Å². The Kier molecular flexibility index (Phi) is 6.70. The molecular weight excluding hydrogens is 452 g/mol. The lowest BCUT2D eigenvalue weighted by Gasteiger charge is -2.27. The molecule has 0 unspecified atom stereocenters. The number of halogens is 1. The van der Waals surface area contributed by atoms with E-state index >= 15 is 0 Å². The van der Waals surface area contributed by atoms with Crippen LogP contribution in [0.15, 0.2) is 42.6 Å². The lowest BCUT2D eigenvalue weighted by molar-refractivity contribution is -0.118. The molecule has 2 aromatic carbocycles. The first-order valence-electron chi connectivity index (χ1n) is 11.2. The molecule has 8 nitrogen and oxygen atoms in total. The normalized spacial score (nSPS) is 13.4. The lowest BCUT2D eigenvalue weighted by Crippen LogP contribution is -2.36. The number of nitrogens with zero attached hydrogens (tertiary/aromatic N) is 3. The summed E-state index contributed by atoms with van der Waals surface area (Å²) in [5.41, 5.74) is 10.0. The van der Waals surface area contributed by atoms with Crippen LogP contribution in [-0.4, -0.2) is 27.8 Å². The van der Waals surface area contributed by atoms with Crippen LogP contribution >= 0.6 is 11.6 Å². The zero-order chi connectivity index (χ0) is 24.4. The molecule has 2 heterocycles. The van der Waals surface area contributed by atoms with E-state index in [1.807, 2.05) is 49.9 Å². The summed E-state index contributed by atoms with van der Waals surface area (Å²) in [7, 11) is 0. The number of carbonyl (C=O) groups is 2. The van der Waals surface area contributed by atoms with E-state index in [0.29, 0.717) is 34.5 Å². The Morgan fingerprint density at radius 3 is 2.71 bits per heavy atom. The second-order valence-electron chi connectivity index (χ2n) is 8.56. The summed E-state index contributed by atoms with van der Waals surface area (Å²) in [4.78, 5) is 35.2. The van der Waals surface area contributed by atoms with Gasteiger partial charge in [0.2, 0.25) is 11.9 Å². The molecule has 34 heavy (non-hydrogen) atoms. The van der Waals surface area contributed by atoms with Crippen molar-refractivity contribution in [1.29, 1.82) is 0 Å². The fraction of sp³-hybridized carbons (Fsp3) is 0.280. The minimum Gasteiger partial charge on any atom is -0.366 e. The SMILES string of the molecule is Cc1cccc(C(N)=O)c1Nc1nc(Nc2ccc3c(c2)N(C(C)C)C(=O)CCC3)ncc1Cl. The number of aromatic nitrogens is 2. The molecule has 0 fully saturated rings. The number of para-hydroxylation sites is 1. The summed E-state index contributed by atoms with van der Waals surface area (Å²) >= 11 is 6.34. The van der Waals surface area contributed by atoms with Crippen LogP contribution in [0.5, 0.6) is 0 Å². The molecule has 176 valence electrons. The molecule has 4 N–H and O–H groups in total. The molecule has 1 aliphatic rings. The summed E-state index contributed by atoms with van der Waals surface area (Å²) in [6.45, 7) is 5.89. The van der Waals surface area contributed by atoms with Crippen LogP contribution < -0.4 is 21.3 Å². The highest BCUT2D eigenvalue weighted by Crippen LogP contribution is 2.33. The highest BCUT2D eigenvalue weighted by Gasteiger charge is 2.25. The largest absolute Gasteiger partial charge is 0.366 e. The van der Waals surface area contributed by atoms with Crippen LogP contribution in [0.2, 0.25) is 5.02 Å². The fourth-order valence-electron chi connectivity index (χ4n) is 4.13. The van der Waals surface area contributed by atoms with Crippen molar-refractivity contribution >= 4 is 52.2 Å². The number of hydrogen-bond donors (Lipinski definition) is 3. The number of amides is 2. The number of benzene rings is 2. The van der Waals surface area contributed by atoms with Crippen molar-refractivity contribution in [3.05, 3.63) is 64.3 Å². The number of carbonyl (C=O) groups excluding carboxylic acids is 2. The van der Waals surface area contributed by atoms with Gasteiger partial charge in [-0.1, -0.05) is 29.8 Å². The number of rotatable bonds is 6. The van der Waals surface area contributed by atoms with Crippen LogP contribution in [0.4, 0.5) is 28.8 Å². The number of hydrogen-bond acceptors (Lipinski definition) is 6. The number of nitrogens with two attached hydrogens (primary N) is 1. The maximum absolute atomic E-state index is 12.7. The molecule has 3 aromatic rings. The van der Waals surface area contributed by atoms with Gasteiger partial charge < -0.3 is 21.3 Å². The third-order valence-corrected chi connectivity index (χ3v) is 6.03. The van der Waals surface area contributed by atoms with E-state index in [2.05, 4.69) is 20.6 Å². The molecule has 1 aliphatic heterocycles. The molecule has 0 radical (unpaired) electrons. The monoisotopic (exact) mass is 478 g/mol. The highest BCUT2D eigenvalue weighted by molar-refractivity contribution is 6.33. The molecule has 4 rings (SSSR count). The van der Waals surface area contributed by atoms with Gasteiger partial charge in [0, 0.05) is 23.8 Å². The number of aryl methyl sites for hydroxylation is 2. The van der Waals surface area contributed by atoms with Gasteiger partial charge in [0.1, 0.15) is 5.02 Å². The van der Waals surface area contributed by atoms with Crippen molar-refractivity contribution < 1.29 is 9.59 Å². The predicted molar refractivity (Wildman–Crippen MR) is 135 cm³/mol. The average Bonchev–Trinajstić information content (AvgIpc) is 2.94. The van der Waals surface area contributed by atoms with Gasteiger partial charge in [0.15, 0.2) is 5.82 Å². The molecule has 0 saturated carbocycles. The zero-order valence-corrected chi connectivity index (χ0v) is 20.1. The van der Waals surface area contributed by atoms with Crippen LogP contribution in [-0.2, 0) is 11.2 Å². The highest BCUT2D eigenvalue weighted by atomic mass is 35.5. The Balaban J connectivity index is 1.65. The molecule has 0 aliphatic carbocycles. The standard InChI is InChI=1S/C25H27ClN6O2/c1-14(2)32-20-12-17(11-10-16(20)7-5-9-21(32)33)29-25-28-13-19(26)24(31-25)30-22-15(3)6-4-8-18(22)23(27)34/h4,6,8,10-14H,5,7,9H2,1-3H3,(H2,27,34)(H2,28,29,30,31). The van der Waals surface area contributed by atoms with E-state index in [4.69, 9.17) is 17.3 Å². The van der Waals surface area contributed by atoms with Gasteiger partial charge in [0.25, 0.3) is 5.91 Å². The van der Waals surface area contributed by atoms with Crippen LogP contribution in [0.25, 0.3) is 0 Å². The third kappa shape index (κ3) is 4.82. The van der Waals surface area contributed by atoms with Crippen molar-refractivity contribution in [1.82, 2.24) is 9.97 Å². The van der Waals surface area contributed by atoms with Gasteiger partial charge in [0.05, 0.1) is 17.4 Å². The lowest BCUT2D eigenvalue weighted by atomic mass is 10.1. The number of anilines is 5. The number of primary amides is 1. The van der Waals surface area contributed by atoms with Gasteiger partial charge >= 0.3 is 0 Å². The molecule has 0 atom stereocenters. The summed E-state index contributed by atoms with van der Waals surface area (Å²) in [6.07, 6.45) is 3.71. The van der Waals surface area contributed by atoms with E-state index in [-0.39, 0.29) is 11.9 Å². The molecule has 2 amide bonds. The Bertz CT molecular complexity index is 1260. The van der Waals surface area contributed by atoms with E-state index in [1.54, 1.807) is 12.1 Å². The van der Waals surface area contributed by atoms with E-state index in [1.165, 1.54) is 6.20 Å². The second kappa shape index (κ2) is 9.69. The zero-order valence-electron chi connectivity index (χ0n) is 19.4. The Labute approximate surface area is 203 Å². The number of fused-ring (bicyclic) bond motifs is 1. The predicted octanol–water partition coefficient (Wildman–Crippen LogP) is 5.10. The van der Waals surface area contributed by atoms with Crippen LogP contribution in [0.3, 0.4) is 0 Å². The molecule has 9 heteroatoms. The first-order valence-corrected chi connectivity index (χ1v) is 11.5. The molecular formula is C25H27ClN6O2. The first kappa shape index (κ1) is 23.5. The van der Waals surface area contributed by atoms with Crippen LogP contribution in [0, 0.1) is 6.92 Å². The van der Waals surface area contributed by atoms with Crippen molar-refractivity contribution in [2.24, 2.45) is 5.73 Å². The first-order chi connectivity index (χ1) is 16.2. The molecule has 1 aromatic heterocycles. The van der Waals surface area contributed by atoms with Crippen LogP contribution in [0.1, 0.15) is 48.2 Å². The molecule has 0 bridgehead atoms. The summed E-state index contributed by atoms with van der Waals surface area (Å²) in [6, 6.07) is 11.3. The molecule has 0 spiro atoms. The third-order valence-electron chi connectivity index (χ3n) is 5.75. The van der Waals surface area contributed by atoms with Gasteiger partial charge in [-0.05, 0) is 62.9 Å². The minimum absolute atomic E-state index is 0.0516. The minimum atomic E-state index is -0.552. The van der Waals surface area contributed by atoms with Gasteiger partial charge in [-0.3, -0.25) is 9.59 Å². The molecule has 0 saturated heterocycles. The second-order valence-corrected chi connectivity index (χ2v) is 8.96. The maximum atomic E-state index is 12.7. The smallest absolute Gasteiger partial charge is 0.250 e. The van der Waals surface area contributed by atoms with Gasteiger partial charge in [-0.2, -0.15) is 4.98 Å². The van der Waals surface area contributed by atoms with Gasteiger partial charge in [-0.25, -0.2) is 4.98 Å². The summed E-state index contributed by atoms with van der Waals surface area (Å²) in [5, 5.41) is 6.62. The van der Waals surface area contributed by atoms with Crippen molar-refractivity contribution in [2.75, 3.05) is 15.5 Å². The van der Waals surface area contributed by atoms with Crippen molar-refractivity contribution in [2.45, 2.75) is 46.1 Å². The van der Waals surface area contributed by atoms with E-state index in [0.717, 1.165) is 35.3 Å². The van der Waals surface area contributed by atoms with Gasteiger partial charge in [-0.15, -0.1) is 0 Å². The Hall–Kier alpha value is -3.65. The van der Waals surface area contributed by atoms with Crippen molar-refractivity contribution in [3.63, 3.8) is 0 Å². The van der Waals surface area contributed by atoms with Crippen molar-refractivity contribution in [3.8, 4) is 0 Å². The maximum Gasteiger partial charge on any atom is 0.250 e. The average molecular weight is 479 g/mol. The topological polar surface area (TPSA) is 113 Å². The summed E-state index contributed by atoms with van der Waals surface area (Å²) in [5.74, 6) is 0.231. The summed E-state index contributed by atoms with van der Waals surface area (Å²) < 4.78 is 0.